The molecule has 1 rings (SSSR count). The highest BCUT2D eigenvalue weighted by atomic mass is 19.4. The molecule has 0 aliphatic carbocycles. The van der Waals surface area contributed by atoms with Crippen LogP contribution >= 0.6 is 0 Å². The number of hydrogen-bond donors (Lipinski definition) is 1. The Morgan fingerprint density at radius 2 is 2.05 bits per heavy atom. The van der Waals surface area contributed by atoms with Gasteiger partial charge in [0.2, 0.25) is 0 Å². The molecule has 4 nitrogen and oxygen atoms in total. The van der Waals surface area contributed by atoms with E-state index in [-0.39, 0.29) is 18.8 Å². The first-order chi connectivity index (χ1) is 9.38. The van der Waals surface area contributed by atoms with Gasteiger partial charge in [0.05, 0.1) is 23.8 Å². The standard InChI is InChI=1S/C13H14F3NO3/c1-2-19-7-10(18)8-20-12-4-3-9(6-17)5-11(12)13(14,15)16/h3-5,10,18H,2,7-8H2,1H3. The first-order valence-corrected chi connectivity index (χ1v) is 5.88. The SMILES string of the molecule is CCOCC(O)COc1ccc(C#N)cc1C(F)(F)F. The maximum Gasteiger partial charge on any atom is 0.420 e. The van der Waals surface area contributed by atoms with E-state index in [4.69, 9.17) is 14.7 Å². The van der Waals surface area contributed by atoms with Gasteiger partial charge >= 0.3 is 6.18 Å². The average molecular weight is 289 g/mol. The van der Waals surface area contributed by atoms with Gasteiger partial charge in [0, 0.05) is 6.61 Å². The first-order valence-electron chi connectivity index (χ1n) is 5.88. The maximum absolute atomic E-state index is 12.8. The Bertz CT molecular complexity index is 483. The number of rotatable bonds is 6. The number of aliphatic hydroxyl groups excluding tert-OH is 1. The Kier molecular flexibility index (Phi) is 5.80. The molecule has 0 fully saturated rings. The third-order valence-electron chi connectivity index (χ3n) is 2.36. The largest absolute Gasteiger partial charge is 0.490 e. The molecular weight excluding hydrogens is 275 g/mol. The van der Waals surface area contributed by atoms with Crippen molar-refractivity contribution in [3.05, 3.63) is 29.3 Å². The van der Waals surface area contributed by atoms with E-state index >= 15 is 0 Å². The van der Waals surface area contributed by atoms with E-state index in [9.17, 15) is 18.3 Å². The normalized spacial score (nSPS) is 12.8. The minimum Gasteiger partial charge on any atom is -0.490 e. The molecule has 7 heteroatoms. The van der Waals surface area contributed by atoms with E-state index in [2.05, 4.69) is 0 Å². The van der Waals surface area contributed by atoms with Crippen molar-refractivity contribution in [2.45, 2.75) is 19.2 Å². The Hall–Kier alpha value is -1.78. The molecule has 0 aliphatic heterocycles. The summed E-state index contributed by atoms with van der Waals surface area (Å²) in [6.07, 6.45) is -5.65. The maximum atomic E-state index is 12.8. The number of hydrogen-bond acceptors (Lipinski definition) is 4. The number of benzene rings is 1. The minimum absolute atomic E-state index is 0.0197. The third kappa shape index (κ3) is 4.72. The summed E-state index contributed by atoms with van der Waals surface area (Å²) in [5, 5.41) is 18.1. The van der Waals surface area contributed by atoms with Crippen molar-refractivity contribution in [1.29, 1.82) is 5.26 Å². The summed E-state index contributed by atoms with van der Waals surface area (Å²) in [6.45, 7) is 1.78. The lowest BCUT2D eigenvalue weighted by Crippen LogP contribution is -2.24. The predicted octanol–water partition coefficient (Wildman–Crippen LogP) is 2.35. The average Bonchev–Trinajstić information content (AvgIpc) is 2.41. The van der Waals surface area contributed by atoms with Crippen LogP contribution in [0.2, 0.25) is 0 Å². The van der Waals surface area contributed by atoms with Crippen LogP contribution in [0, 0.1) is 11.3 Å². The summed E-state index contributed by atoms with van der Waals surface area (Å²) in [5.41, 5.74) is -1.15. The van der Waals surface area contributed by atoms with Crippen molar-refractivity contribution in [3.8, 4) is 11.8 Å². The zero-order chi connectivity index (χ0) is 15.2. The number of nitriles is 1. The highest BCUT2D eigenvalue weighted by Crippen LogP contribution is 2.36. The molecule has 1 unspecified atom stereocenters. The van der Waals surface area contributed by atoms with Crippen molar-refractivity contribution in [2.24, 2.45) is 0 Å². The summed E-state index contributed by atoms with van der Waals surface area (Å²) in [6, 6.07) is 4.63. The molecule has 0 amide bonds. The number of nitrogens with zero attached hydrogens (tertiary/aromatic N) is 1. The lowest BCUT2D eigenvalue weighted by Gasteiger charge is -2.16. The lowest BCUT2D eigenvalue weighted by molar-refractivity contribution is -0.139. The highest BCUT2D eigenvalue weighted by molar-refractivity contribution is 5.43. The van der Waals surface area contributed by atoms with Crippen LogP contribution in [0.5, 0.6) is 5.75 Å². The molecule has 0 saturated heterocycles. The fraction of sp³-hybridized carbons (Fsp3) is 0.462. The second kappa shape index (κ2) is 7.12. The molecule has 0 radical (unpaired) electrons. The molecular formula is C13H14F3NO3. The first kappa shape index (κ1) is 16.3. The van der Waals surface area contributed by atoms with Crippen LogP contribution in [0.4, 0.5) is 13.2 Å². The van der Waals surface area contributed by atoms with Gasteiger partial charge in [-0.15, -0.1) is 0 Å². The number of halogens is 3. The monoisotopic (exact) mass is 289 g/mol. The Labute approximate surface area is 114 Å². The lowest BCUT2D eigenvalue weighted by atomic mass is 10.1. The smallest absolute Gasteiger partial charge is 0.420 e. The molecule has 0 heterocycles. The van der Waals surface area contributed by atoms with Crippen molar-refractivity contribution >= 4 is 0 Å². The molecule has 0 spiro atoms. The Morgan fingerprint density at radius 3 is 2.60 bits per heavy atom. The zero-order valence-electron chi connectivity index (χ0n) is 10.8. The quantitative estimate of drug-likeness (QED) is 0.873. The molecule has 1 atom stereocenters. The molecule has 1 aromatic carbocycles. The summed E-state index contributed by atoms with van der Waals surface area (Å²) in [5.74, 6) is -0.424. The fourth-order valence-electron chi connectivity index (χ4n) is 1.43. The van der Waals surface area contributed by atoms with Crippen LogP contribution in [-0.2, 0) is 10.9 Å². The zero-order valence-corrected chi connectivity index (χ0v) is 10.8. The molecule has 110 valence electrons. The minimum atomic E-state index is -4.63. The number of aliphatic hydroxyl groups is 1. The topological polar surface area (TPSA) is 62.5 Å². The van der Waals surface area contributed by atoms with E-state index in [1.807, 2.05) is 0 Å². The second-order valence-electron chi connectivity index (χ2n) is 3.94. The van der Waals surface area contributed by atoms with Gasteiger partial charge in [0.15, 0.2) is 0 Å². The van der Waals surface area contributed by atoms with Crippen LogP contribution in [0.25, 0.3) is 0 Å². The summed E-state index contributed by atoms with van der Waals surface area (Å²) >= 11 is 0. The van der Waals surface area contributed by atoms with Crippen LogP contribution in [0.15, 0.2) is 18.2 Å². The number of alkyl halides is 3. The van der Waals surface area contributed by atoms with Gasteiger partial charge in [-0.2, -0.15) is 18.4 Å². The third-order valence-corrected chi connectivity index (χ3v) is 2.36. The van der Waals surface area contributed by atoms with Crippen LogP contribution in [0.3, 0.4) is 0 Å². The summed E-state index contributed by atoms with van der Waals surface area (Å²) < 4.78 is 48.3. The molecule has 1 N–H and O–H groups in total. The fourth-order valence-corrected chi connectivity index (χ4v) is 1.43. The van der Waals surface area contributed by atoms with Gasteiger partial charge < -0.3 is 14.6 Å². The van der Waals surface area contributed by atoms with E-state index in [1.165, 1.54) is 6.07 Å². The van der Waals surface area contributed by atoms with E-state index in [0.29, 0.717) is 12.7 Å². The van der Waals surface area contributed by atoms with Gasteiger partial charge in [-0.05, 0) is 25.1 Å². The molecule has 0 aliphatic rings. The van der Waals surface area contributed by atoms with Gasteiger partial charge in [-0.1, -0.05) is 0 Å². The molecule has 0 bridgehead atoms. The van der Waals surface area contributed by atoms with Crippen molar-refractivity contribution in [2.75, 3.05) is 19.8 Å². The van der Waals surface area contributed by atoms with E-state index < -0.39 is 23.6 Å². The highest BCUT2D eigenvalue weighted by Gasteiger charge is 2.34. The van der Waals surface area contributed by atoms with Crippen molar-refractivity contribution in [1.82, 2.24) is 0 Å². The van der Waals surface area contributed by atoms with Crippen LogP contribution < -0.4 is 4.74 Å². The predicted molar refractivity (Wildman–Crippen MR) is 64.2 cm³/mol. The molecule has 1 aromatic rings. The Balaban J connectivity index is 2.82. The van der Waals surface area contributed by atoms with Gasteiger partial charge in [-0.3, -0.25) is 0 Å². The van der Waals surface area contributed by atoms with Gasteiger partial charge in [0.25, 0.3) is 0 Å². The molecule has 0 aromatic heterocycles. The summed E-state index contributed by atoms with van der Waals surface area (Å²) in [4.78, 5) is 0. The van der Waals surface area contributed by atoms with Crippen molar-refractivity contribution in [3.63, 3.8) is 0 Å². The van der Waals surface area contributed by atoms with E-state index in [0.717, 1.165) is 6.07 Å². The molecule has 0 saturated carbocycles. The van der Waals surface area contributed by atoms with Gasteiger partial charge in [0.1, 0.15) is 18.5 Å². The van der Waals surface area contributed by atoms with Crippen LogP contribution in [0.1, 0.15) is 18.1 Å². The van der Waals surface area contributed by atoms with Gasteiger partial charge in [-0.25, -0.2) is 0 Å². The molecule has 20 heavy (non-hydrogen) atoms. The Morgan fingerprint density at radius 1 is 1.35 bits per heavy atom. The van der Waals surface area contributed by atoms with Crippen molar-refractivity contribution < 1.29 is 27.8 Å². The second-order valence-corrected chi connectivity index (χ2v) is 3.94. The van der Waals surface area contributed by atoms with Crippen LogP contribution in [-0.4, -0.2) is 31.0 Å². The number of ether oxygens (including phenoxy) is 2. The van der Waals surface area contributed by atoms with E-state index in [1.54, 1.807) is 13.0 Å². The summed E-state index contributed by atoms with van der Waals surface area (Å²) in [7, 11) is 0.